The van der Waals surface area contributed by atoms with E-state index < -0.39 is 0 Å². The van der Waals surface area contributed by atoms with E-state index in [1.807, 2.05) is 18.2 Å². The standard InChI is InChI=1S/C14H11Br2NO2/c1-9(18)17-11-3-5-12(6-4-11)19-14-7-2-10(15)8-13(14)16/h2-8H,1H3,(H,17,18). The Kier molecular flexibility index (Phi) is 4.61. The molecule has 0 unspecified atom stereocenters. The third kappa shape index (κ3) is 4.08. The molecule has 0 fully saturated rings. The molecule has 3 nitrogen and oxygen atoms in total. The Morgan fingerprint density at radius 2 is 1.79 bits per heavy atom. The lowest BCUT2D eigenvalue weighted by Gasteiger charge is -2.09. The summed E-state index contributed by atoms with van der Waals surface area (Å²) < 4.78 is 7.59. The van der Waals surface area contributed by atoms with Gasteiger partial charge in [-0.3, -0.25) is 4.79 Å². The highest BCUT2D eigenvalue weighted by molar-refractivity contribution is 9.11. The zero-order valence-corrected chi connectivity index (χ0v) is 13.3. The molecule has 0 heterocycles. The van der Waals surface area contributed by atoms with Crippen molar-refractivity contribution in [1.29, 1.82) is 0 Å². The van der Waals surface area contributed by atoms with Crippen LogP contribution >= 0.6 is 31.9 Å². The summed E-state index contributed by atoms with van der Waals surface area (Å²) in [6.45, 7) is 1.48. The van der Waals surface area contributed by atoms with Crippen LogP contribution in [0.5, 0.6) is 11.5 Å². The maximum atomic E-state index is 10.9. The number of carbonyl (C=O) groups is 1. The monoisotopic (exact) mass is 383 g/mol. The predicted octanol–water partition coefficient (Wildman–Crippen LogP) is 4.96. The zero-order valence-electron chi connectivity index (χ0n) is 10.1. The molecule has 19 heavy (non-hydrogen) atoms. The zero-order chi connectivity index (χ0) is 13.8. The molecule has 0 aromatic heterocycles. The molecule has 0 atom stereocenters. The van der Waals surface area contributed by atoms with Crippen LogP contribution in [-0.4, -0.2) is 5.91 Å². The van der Waals surface area contributed by atoms with Crippen LogP contribution in [0.2, 0.25) is 0 Å². The van der Waals surface area contributed by atoms with E-state index in [9.17, 15) is 4.79 Å². The maximum absolute atomic E-state index is 10.9. The van der Waals surface area contributed by atoms with Crippen LogP contribution in [0.4, 0.5) is 5.69 Å². The molecule has 1 amide bonds. The van der Waals surface area contributed by atoms with Gasteiger partial charge < -0.3 is 10.1 Å². The average molecular weight is 385 g/mol. The first-order chi connectivity index (χ1) is 9.04. The van der Waals surface area contributed by atoms with E-state index in [0.717, 1.165) is 20.4 Å². The average Bonchev–Trinajstić information content (AvgIpc) is 2.34. The van der Waals surface area contributed by atoms with Gasteiger partial charge in [-0.05, 0) is 58.4 Å². The summed E-state index contributed by atoms with van der Waals surface area (Å²) in [6.07, 6.45) is 0. The largest absolute Gasteiger partial charge is 0.456 e. The lowest BCUT2D eigenvalue weighted by Crippen LogP contribution is -2.05. The number of hydrogen-bond acceptors (Lipinski definition) is 2. The summed E-state index contributed by atoms with van der Waals surface area (Å²) in [5.41, 5.74) is 0.745. The van der Waals surface area contributed by atoms with Gasteiger partial charge in [-0.2, -0.15) is 0 Å². The smallest absolute Gasteiger partial charge is 0.221 e. The van der Waals surface area contributed by atoms with Crippen molar-refractivity contribution in [3.05, 3.63) is 51.4 Å². The van der Waals surface area contributed by atoms with Crippen molar-refractivity contribution in [2.45, 2.75) is 6.92 Å². The Labute approximate surface area is 128 Å². The van der Waals surface area contributed by atoms with Crippen molar-refractivity contribution < 1.29 is 9.53 Å². The molecule has 0 aliphatic heterocycles. The number of hydrogen-bond donors (Lipinski definition) is 1. The minimum Gasteiger partial charge on any atom is -0.456 e. The van der Waals surface area contributed by atoms with Gasteiger partial charge in [0.1, 0.15) is 11.5 Å². The lowest BCUT2D eigenvalue weighted by atomic mass is 10.3. The highest BCUT2D eigenvalue weighted by Crippen LogP contribution is 2.32. The molecule has 0 radical (unpaired) electrons. The molecule has 0 aliphatic carbocycles. The topological polar surface area (TPSA) is 38.3 Å². The molecular weight excluding hydrogens is 374 g/mol. The van der Waals surface area contributed by atoms with E-state index in [2.05, 4.69) is 37.2 Å². The molecule has 5 heteroatoms. The van der Waals surface area contributed by atoms with Crippen LogP contribution in [-0.2, 0) is 4.79 Å². The van der Waals surface area contributed by atoms with Gasteiger partial charge in [0, 0.05) is 17.1 Å². The molecule has 2 aromatic carbocycles. The molecule has 0 spiro atoms. The fourth-order valence-electron chi connectivity index (χ4n) is 1.49. The first-order valence-corrected chi connectivity index (χ1v) is 7.14. The van der Waals surface area contributed by atoms with E-state index in [1.165, 1.54) is 6.92 Å². The minimum atomic E-state index is -0.0932. The van der Waals surface area contributed by atoms with Crippen LogP contribution in [0.15, 0.2) is 51.4 Å². The number of carbonyl (C=O) groups excluding carboxylic acids is 1. The number of amides is 1. The molecular formula is C14H11Br2NO2. The third-order valence-corrected chi connectivity index (χ3v) is 3.41. The number of halogens is 2. The van der Waals surface area contributed by atoms with Crippen LogP contribution in [0.1, 0.15) is 6.92 Å². The number of rotatable bonds is 3. The fraction of sp³-hybridized carbons (Fsp3) is 0.0714. The summed E-state index contributed by atoms with van der Waals surface area (Å²) >= 11 is 6.83. The van der Waals surface area contributed by atoms with E-state index >= 15 is 0 Å². The summed E-state index contributed by atoms with van der Waals surface area (Å²) in [5.74, 6) is 1.34. The van der Waals surface area contributed by atoms with Crippen LogP contribution in [0.3, 0.4) is 0 Å². The molecule has 98 valence electrons. The molecule has 2 aromatic rings. The second-order valence-electron chi connectivity index (χ2n) is 3.88. The van der Waals surface area contributed by atoms with Crippen LogP contribution in [0.25, 0.3) is 0 Å². The second kappa shape index (κ2) is 6.21. The number of ether oxygens (including phenoxy) is 1. The van der Waals surface area contributed by atoms with Gasteiger partial charge in [0.05, 0.1) is 4.47 Å². The van der Waals surface area contributed by atoms with Gasteiger partial charge in [-0.15, -0.1) is 0 Å². The van der Waals surface area contributed by atoms with Gasteiger partial charge in [0.25, 0.3) is 0 Å². The van der Waals surface area contributed by atoms with Crippen LogP contribution < -0.4 is 10.1 Å². The molecule has 0 saturated heterocycles. The van der Waals surface area contributed by atoms with Crippen molar-refractivity contribution in [3.63, 3.8) is 0 Å². The van der Waals surface area contributed by atoms with Crippen LogP contribution in [0, 0.1) is 0 Å². The first kappa shape index (κ1) is 14.1. The normalized spacial score (nSPS) is 10.1. The Morgan fingerprint density at radius 3 is 2.37 bits per heavy atom. The van der Waals surface area contributed by atoms with Crippen molar-refractivity contribution in [3.8, 4) is 11.5 Å². The van der Waals surface area contributed by atoms with E-state index in [1.54, 1.807) is 24.3 Å². The molecule has 1 N–H and O–H groups in total. The number of anilines is 1. The summed E-state index contributed by atoms with van der Waals surface area (Å²) in [7, 11) is 0. The van der Waals surface area contributed by atoms with Gasteiger partial charge in [-0.1, -0.05) is 15.9 Å². The SMILES string of the molecule is CC(=O)Nc1ccc(Oc2ccc(Br)cc2Br)cc1. The number of benzene rings is 2. The molecule has 0 saturated carbocycles. The van der Waals surface area contributed by atoms with Gasteiger partial charge >= 0.3 is 0 Å². The summed E-state index contributed by atoms with van der Waals surface area (Å²) in [4.78, 5) is 10.9. The van der Waals surface area contributed by atoms with E-state index in [4.69, 9.17) is 4.74 Å². The predicted molar refractivity (Wildman–Crippen MR) is 82.7 cm³/mol. The van der Waals surface area contributed by atoms with Crippen molar-refractivity contribution in [2.24, 2.45) is 0 Å². The van der Waals surface area contributed by atoms with E-state index in [0.29, 0.717) is 5.75 Å². The quantitative estimate of drug-likeness (QED) is 0.811. The Morgan fingerprint density at radius 1 is 1.11 bits per heavy atom. The minimum absolute atomic E-state index is 0.0932. The first-order valence-electron chi connectivity index (χ1n) is 5.55. The van der Waals surface area contributed by atoms with Gasteiger partial charge in [0.15, 0.2) is 0 Å². The van der Waals surface area contributed by atoms with Crippen molar-refractivity contribution in [1.82, 2.24) is 0 Å². The second-order valence-corrected chi connectivity index (χ2v) is 5.65. The highest BCUT2D eigenvalue weighted by atomic mass is 79.9. The molecule has 2 rings (SSSR count). The third-order valence-electron chi connectivity index (χ3n) is 2.30. The molecule has 0 bridgehead atoms. The number of nitrogens with one attached hydrogen (secondary N) is 1. The van der Waals surface area contributed by atoms with Gasteiger partial charge in [-0.25, -0.2) is 0 Å². The van der Waals surface area contributed by atoms with Gasteiger partial charge in [0.2, 0.25) is 5.91 Å². The van der Waals surface area contributed by atoms with E-state index in [-0.39, 0.29) is 5.91 Å². The maximum Gasteiger partial charge on any atom is 0.221 e. The fourth-order valence-corrected chi connectivity index (χ4v) is 2.62. The Balaban J connectivity index is 2.13. The van der Waals surface area contributed by atoms with Crippen molar-refractivity contribution in [2.75, 3.05) is 5.32 Å². The molecule has 0 aliphatic rings. The summed E-state index contributed by atoms with van der Waals surface area (Å²) in [5, 5.41) is 2.70. The summed E-state index contributed by atoms with van der Waals surface area (Å²) in [6, 6.07) is 12.9. The van der Waals surface area contributed by atoms with Crippen molar-refractivity contribution >= 4 is 43.5 Å². The Bertz CT molecular complexity index is 597. The highest BCUT2D eigenvalue weighted by Gasteiger charge is 2.03. The Hall–Kier alpha value is -1.33. The lowest BCUT2D eigenvalue weighted by molar-refractivity contribution is -0.114.